The van der Waals surface area contributed by atoms with Crippen LogP contribution >= 0.6 is 0 Å². The highest BCUT2D eigenvalue weighted by Gasteiger charge is 2.32. The fraction of sp³-hybridized carbons (Fsp3) is 0.562. The Morgan fingerprint density at radius 2 is 2.00 bits per heavy atom. The number of benzene rings is 1. The Morgan fingerprint density at radius 3 is 2.58 bits per heavy atom. The second-order valence-corrected chi connectivity index (χ2v) is 5.64. The Labute approximate surface area is 115 Å². The molecular weight excluding hydrogens is 236 g/mol. The highest BCUT2D eigenvalue weighted by molar-refractivity contribution is 5.76. The molecule has 0 saturated heterocycles. The molecule has 2 N–H and O–H groups in total. The van der Waals surface area contributed by atoms with Crippen LogP contribution in [0.1, 0.15) is 44.2 Å². The number of carbonyl (C=O) groups is 1. The lowest BCUT2D eigenvalue weighted by molar-refractivity contribution is -0.132. The molecule has 0 aromatic heterocycles. The lowest BCUT2D eigenvalue weighted by Crippen LogP contribution is -2.36. The van der Waals surface area contributed by atoms with Crippen molar-refractivity contribution in [3.8, 4) is 0 Å². The zero-order valence-corrected chi connectivity index (χ0v) is 11.9. The Bertz CT molecular complexity index is 414. The zero-order chi connectivity index (χ0) is 13.8. The molecular formula is C16H24N2O. The van der Waals surface area contributed by atoms with E-state index in [1.807, 2.05) is 42.3 Å². The molecule has 104 valence electrons. The predicted octanol–water partition coefficient (Wildman–Crippen LogP) is 2.72. The van der Waals surface area contributed by atoms with Crippen molar-refractivity contribution < 1.29 is 4.79 Å². The average molecular weight is 260 g/mol. The minimum absolute atomic E-state index is 0.0465. The Kier molecular flexibility index (Phi) is 4.59. The highest BCUT2D eigenvalue weighted by atomic mass is 16.2. The van der Waals surface area contributed by atoms with Gasteiger partial charge in [-0.25, -0.2) is 0 Å². The van der Waals surface area contributed by atoms with Gasteiger partial charge in [-0.05, 0) is 37.7 Å². The van der Waals surface area contributed by atoms with Gasteiger partial charge in [-0.3, -0.25) is 4.79 Å². The quantitative estimate of drug-likeness (QED) is 0.855. The van der Waals surface area contributed by atoms with Gasteiger partial charge in [0.05, 0.1) is 0 Å². The number of rotatable bonds is 6. The van der Waals surface area contributed by atoms with Gasteiger partial charge in [0.15, 0.2) is 0 Å². The maximum Gasteiger partial charge on any atom is 0.222 e. The largest absolute Gasteiger partial charge is 0.343 e. The molecule has 1 aromatic carbocycles. The van der Waals surface area contributed by atoms with Crippen molar-refractivity contribution in [2.75, 3.05) is 7.05 Å². The fourth-order valence-corrected chi connectivity index (χ4v) is 2.44. The molecule has 0 bridgehead atoms. The van der Waals surface area contributed by atoms with Crippen LogP contribution in [0.25, 0.3) is 0 Å². The number of hydrogen-bond donors (Lipinski definition) is 1. The van der Waals surface area contributed by atoms with Crippen molar-refractivity contribution in [1.82, 2.24) is 4.90 Å². The Hall–Kier alpha value is -1.35. The van der Waals surface area contributed by atoms with Crippen LogP contribution < -0.4 is 5.73 Å². The van der Waals surface area contributed by atoms with Crippen molar-refractivity contribution in [1.29, 1.82) is 0 Å². The fourth-order valence-electron chi connectivity index (χ4n) is 2.44. The summed E-state index contributed by atoms with van der Waals surface area (Å²) in [6.45, 7) is 2.15. The third-order valence-corrected chi connectivity index (χ3v) is 4.21. The van der Waals surface area contributed by atoms with E-state index in [9.17, 15) is 4.79 Å². The van der Waals surface area contributed by atoms with E-state index in [4.69, 9.17) is 5.73 Å². The minimum Gasteiger partial charge on any atom is -0.343 e. The second-order valence-electron chi connectivity index (χ2n) is 5.64. The summed E-state index contributed by atoms with van der Waals surface area (Å²) < 4.78 is 0. The van der Waals surface area contributed by atoms with Gasteiger partial charge in [0.1, 0.15) is 0 Å². The van der Waals surface area contributed by atoms with Gasteiger partial charge in [0, 0.05) is 25.6 Å². The molecule has 0 spiro atoms. The van der Waals surface area contributed by atoms with E-state index in [1.54, 1.807) is 0 Å². The molecule has 0 aliphatic heterocycles. The number of nitrogens with two attached hydrogens (primary N) is 1. The highest BCUT2D eigenvalue weighted by Crippen LogP contribution is 2.34. The van der Waals surface area contributed by atoms with Crippen LogP contribution in [0.2, 0.25) is 0 Å². The van der Waals surface area contributed by atoms with Crippen molar-refractivity contribution >= 4 is 5.91 Å². The Morgan fingerprint density at radius 1 is 1.37 bits per heavy atom. The first-order valence-corrected chi connectivity index (χ1v) is 7.15. The van der Waals surface area contributed by atoms with E-state index in [0.717, 1.165) is 11.5 Å². The lowest BCUT2D eigenvalue weighted by atomic mass is 10.0. The first kappa shape index (κ1) is 14.1. The van der Waals surface area contributed by atoms with Gasteiger partial charge in [0.2, 0.25) is 5.91 Å². The maximum absolute atomic E-state index is 12.1. The molecule has 2 rings (SSSR count). The number of amides is 1. The molecule has 1 amide bonds. The zero-order valence-electron chi connectivity index (χ0n) is 11.9. The minimum atomic E-state index is -0.0465. The van der Waals surface area contributed by atoms with Crippen LogP contribution in [0, 0.1) is 5.92 Å². The third-order valence-electron chi connectivity index (χ3n) is 4.21. The maximum atomic E-state index is 12.1. The molecule has 3 heteroatoms. The van der Waals surface area contributed by atoms with Crippen LogP contribution in [-0.4, -0.2) is 23.9 Å². The predicted molar refractivity (Wildman–Crippen MR) is 77.6 cm³/mol. The van der Waals surface area contributed by atoms with Crippen LogP contribution in [0.15, 0.2) is 30.3 Å². The lowest BCUT2D eigenvalue weighted by Gasteiger charge is -2.25. The molecule has 1 aromatic rings. The van der Waals surface area contributed by atoms with E-state index >= 15 is 0 Å². The molecule has 2 unspecified atom stereocenters. The number of carbonyl (C=O) groups excluding carboxylic acids is 1. The van der Waals surface area contributed by atoms with Crippen LogP contribution in [0.5, 0.6) is 0 Å². The number of nitrogens with zero attached hydrogens (tertiary/aromatic N) is 1. The van der Waals surface area contributed by atoms with Crippen LogP contribution in [-0.2, 0) is 4.79 Å². The SMILES string of the molecule is CC(C1CC1)N(C)C(=O)CCC(N)c1ccccc1. The van der Waals surface area contributed by atoms with E-state index < -0.39 is 0 Å². The van der Waals surface area contributed by atoms with Gasteiger partial charge in [0.25, 0.3) is 0 Å². The molecule has 0 heterocycles. The summed E-state index contributed by atoms with van der Waals surface area (Å²) in [6.07, 6.45) is 3.78. The molecule has 1 aliphatic rings. The van der Waals surface area contributed by atoms with Gasteiger partial charge < -0.3 is 10.6 Å². The van der Waals surface area contributed by atoms with Gasteiger partial charge >= 0.3 is 0 Å². The van der Waals surface area contributed by atoms with Gasteiger partial charge in [-0.1, -0.05) is 30.3 Å². The molecule has 3 nitrogen and oxygen atoms in total. The standard InChI is InChI=1S/C16H24N2O/c1-12(13-8-9-13)18(2)16(19)11-10-15(17)14-6-4-3-5-7-14/h3-7,12-13,15H,8-11,17H2,1-2H3. The average Bonchev–Trinajstić information content (AvgIpc) is 3.28. The Balaban J connectivity index is 1.79. The van der Waals surface area contributed by atoms with Crippen LogP contribution in [0.3, 0.4) is 0 Å². The molecule has 0 radical (unpaired) electrons. The summed E-state index contributed by atoms with van der Waals surface area (Å²) in [5.41, 5.74) is 7.23. The summed E-state index contributed by atoms with van der Waals surface area (Å²) >= 11 is 0. The summed E-state index contributed by atoms with van der Waals surface area (Å²) in [5.74, 6) is 0.933. The summed E-state index contributed by atoms with van der Waals surface area (Å²) in [4.78, 5) is 14.0. The third kappa shape index (κ3) is 3.80. The number of hydrogen-bond acceptors (Lipinski definition) is 2. The van der Waals surface area contributed by atoms with Crippen molar-refractivity contribution in [3.05, 3.63) is 35.9 Å². The monoisotopic (exact) mass is 260 g/mol. The topological polar surface area (TPSA) is 46.3 Å². The molecule has 19 heavy (non-hydrogen) atoms. The summed E-state index contributed by atoms with van der Waals surface area (Å²) in [6, 6.07) is 10.3. The second kappa shape index (κ2) is 6.20. The van der Waals surface area contributed by atoms with Crippen molar-refractivity contribution in [3.63, 3.8) is 0 Å². The van der Waals surface area contributed by atoms with E-state index in [1.165, 1.54) is 12.8 Å². The van der Waals surface area contributed by atoms with E-state index in [2.05, 4.69) is 6.92 Å². The van der Waals surface area contributed by atoms with E-state index in [-0.39, 0.29) is 11.9 Å². The first-order valence-electron chi connectivity index (χ1n) is 7.15. The molecule has 1 fully saturated rings. The summed E-state index contributed by atoms with van der Waals surface area (Å²) in [7, 11) is 1.92. The van der Waals surface area contributed by atoms with Gasteiger partial charge in [-0.15, -0.1) is 0 Å². The normalized spacial score (nSPS) is 17.8. The van der Waals surface area contributed by atoms with Crippen molar-refractivity contribution in [2.24, 2.45) is 11.7 Å². The summed E-state index contributed by atoms with van der Waals surface area (Å²) in [5, 5.41) is 0. The van der Waals surface area contributed by atoms with Gasteiger partial charge in [-0.2, -0.15) is 0 Å². The van der Waals surface area contributed by atoms with E-state index in [0.29, 0.717) is 18.9 Å². The molecule has 1 aliphatic carbocycles. The first-order chi connectivity index (χ1) is 9.09. The smallest absolute Gasteiger partial charge is 0.222 e. The van der Waals surface area contributed by atoms with Crippen LogP contribution in [0.4, 0.5) is 0 Å². The molecule has 1 saturated carbocycles. The van der Waals surface area contributed by atoms with Crippen molar-refractivity contribution in [2.45, 2.75) is 44.7 Å². The molecule has 2 atom stereocenters.